The monoisotopic (exact) mass is 482 g/mol. The van der Waals surface area contributed by atoms with E-state index in [9.17, 15) is 18.0 Å². The number of para-hydroxylation sites is 1. The average molecular weight is 482 g/mol. The van der Waals surface area contributed by atoms with Crippen LogP contribution in [0.15, 0.2) is 74.8 Å². The molecule has 2 aromatic heterocycles. The standard InChI is InChI=1S/C22H18N4O7S/c1-31-20-12-19(24-22(25-20)32-2)26-34(29,30)14-9-7-13(8-10-14)23-21(28)18-11-16(27)15-5-3-4-6-17(15)33-18/h3-12H,1-2H3,(H,23,28)(H,24,25,26). The van der Waals surface area contributed by atoms with E-state index < -0.39 is 15.9 Å². The number of hydrogen-bond donors (Lipinski definition) is 2. The zero-order chi connectivity index (χ0) is 24.3. The summed E-state index contributed by atoms with van der Waals surface area (Å²) in [5, 5.41) is 2.93. The Morgan fingerprint density at radius 1 is 0.971 bits per heavy atom. The topological polar surface area (TPSA) is 150 Å². The number of methoxy groups -OCH3 is 2. The highest BCUT2D eigenvalue weighted by molar-refractivity contribution is 7.92. The number of amides is 1. The summed E-state index contributed by atoms with van der Waals surface area (Å²) >= 11 is 0. The lowest BCUT2D eigenvalue weighted by atomic mass is 10.2. The van der Waals surface area contributed by atoms with Gasteiger partial charge < -0.3 is 19.2 Å². The summed E-state index contributed by atoms with van der Waals surface area (Å²) in [4.78, 5) is 32.5. The first kappa shape index (κ1) is 22.7. The maximum atomic E-state index is 12.7. The molecule has 11 nitrogen and oxygen atoms in total. The number of hydrogen-bond acceptors (Lipinski definition) is 9. The first-order valence-corrected chi connectivity index (χ1v) is 11.2. The molecule has 0 spiro atoms. The molecule has 4 rings (SSSR count). The molecule has 0 aliphatic carbocycles. The molecule has 0 aliphatic rings. The third-order valence-corrected chi connectivity index (χ3v) is 5.96. The highest BCUT2D eigenvalue weighted by Crippen LogP contribution is 2.22. The van der Waals surface area contributed by atoms with E-state index in [1.165, 1.54) is 44.6 Å². The second kappa shape index (κ2) is 9.19. The minimum absolute atomic E-state index is 0.0487. The molecular formula is C22H18N4O7S. The van der Waals surface area contributed by atoms with E-state index in [4.69, 9.17) is 13.9 Å². The highest BCUT2D eigenvalue weighted by atomic mass is 32.2. The Kier molecular flexibility index (Phi) is 6.15. The van der Waals surface area contributed by atoms with Crippen LogP contribution in [-0.4, -0.2) is 38.5 Å². The lowest BCUT2D eigenvalue weighted by molar-refractivity contribution is 0.0997. The van der Waals surface area contributed by atoms with Crippen LogP contribution in [-0.2, 0) is 10.0 Å². The van der Waals surface area contributed by atoms with E-state index in [0.29, 0.717) is 11.1 Å². The fraction of sp³-hybridized carbons (Fsp3) is 0.0909. The molecule has 0 atom stereocenters. The van der Waals surface area contributed by atoms with E-state index in [1.54, 1.807) is 24.3 Å². The normalized spacial score (nSPS) is 11.1. The quantitative estimate of drug-likeness (QED) is 0.405. The maximum absolute atomic E-state index is 12.7. The summed E-state index contributed by atoms with van der Waals surface area (Å²) in [7, 11) is -1.31. The summed E-state index contributed by atoms with van der Waals surface area (Å²) in [6.45, 7) is 0. The number of carbonyl (C=O) groups excluding carboxylic acids is 1. The van der Waals surface area contributed by atoms with E-state index in [2.05, 4.69) is 20.0 Å². The summed E-state index contributed by atoms with van der Waals surface area (Å²) in [6, 6.07) is 14.3. The molecule has 2 heterocycles. The van der Waals surface area contributed by atoms with Crippen LogP contribution in [0, 0.1) is 0 Å². The van der Waals surface area contributed by atoms with Gasteiger partial charge in [0.2, 0.25) is 5.88 Å². The smallest absolute Gasteiger partial charge is 0.321 e. The van der Waals surface area contributed by atoms with Crippen molar-refractivity contribution in [3.63, 3.8) is 0 Å². The van der Waals surface area contributed by atoms with Crippen LogP contribution in [0.5, 0.6) is 11.9 Å². The van der Waals surface area contributed by atoms with Crippen molar-refractivity contribution in [3.05, 3.63) is 76.6 Å². The number of nitrogens with one attached hydrogen (secondary N) is 2. The first-order valence-electron chi connectivity index (χ1n) is 9.73. The SMILES string of the molecule is COc1cc(NS(=O)(=O)c2ccc(NC(=O)c3cc(=O)c4ccccc4o3)cc2)nc(OC)n1. The molecular weight excluding hydrogens is 464 g/mol. The van der Waals surface area contributed by atoms with Gasteiger partial charge in [-0.15, -0.1) is 0 Å². The summed E-state index contributed by atoms with van der Waals surface area (Å²) in [5.74, 6) is -0.763. The van der Waals surface area contributed by atoms with Gasteiger partial charge in [-0.05, 0) is 36.4 Å². The van der Waals surface area contributed by atoms with Crippen molar-refractivity contribution in [2.24, 2.45) is 0 Å². The fourth-order valence-corrected chi connectivity index (χ4v) is 3.97. The van der Waals surface area contributed by atoms with E-state index >= 15 is 0 Å². The number of nitrogens with zero attached hydrogens (tertiary/aromatic N) is 2. The molecule has 0 saturated heterocycles. The number of fused-ring (bicyclic) bond motifs is 1. The Balaban J connectivity index is 1.52. The lowest BCUT2D eigenvalue weighted by Gasteiger charge is -2.10. The van der Waals surface area contributed by atoms with Crippen molar-refractivity contribution in [2.75, 3.05) is 24.3 Å². The van der Waals surface area contributed by atoms with Crippen LogP contribution in [0.3, 0.4) is 0 Å². The Bertz CT molecular complexity index is 1510. The lowest BCUT2D eigenvalue weighted by Crippen LogP contribution is -2.16. The van der Waals surface area contributed by atoms with Crippen molar-refractivity contribution in [1.29, 1.82) is 0 Å². The van der Waals surface area contributed by atoms with Crippen LogP contribution in [0.2, 0.25) is 0 Å². The second-order valence-electron chi connectivity index (χ2n) is 6.84. The van der Waals surface area contributed by atoms with Gasteiger partial charge in [0, 0.05) is 17.8 Å². The highest BCUT2D eigenvalue weighted by Gasteiger charge is 2.18. The fourth-order valence-electron chi connectivity index (χ4n) is 2.97. The van der Waals surface area contributed by atoms with Crippen LogP contribution >= 0.6 is 0 Å². The predicted octanol–water partition coefficient (Wildman–Crippen LogP) is 2.65. The van der Waals surface area contributed by atoms with Crippen molar-refractivity contribution in [3.8, 4) is 11.9 Å². The molecule has 34 heavy (non-hydrogen) atoms. The Labute approximate surface area is 193 Å². The summed E-state index contributed by atoms with van der Waals surface area (Å²) in [6.07, 6.45) is 0. The van der Waals surface area contributed by atoms with Gasteiger partial charge in [-0.2, -0.15) is 9.97 Å². The van der Waals surface area contributed by atoms with E-state index in [1.807, 2.05) is 0 Å². The van der Waals surface area contributed by atoms with Gasteiger partial charge in [0.15, 0.2) is 17.0 Å². The Morgan fingerprint density at radius 2 is 1.71 bits per heavy atom. The predicted molar refractivity (Wildman–Crippen MR) is 123 cm³/mol. The molecule has 2 N–H and O–H groups in total. The first-order chi connectivity index (χ1) is 16.3. The van der Waals surface area contributed by atoms with Crippen LogP contribution in [0.4, 0.5) is 11.5 Å². The van der Waals surface area contributed by atoms with Crippen LogP contribution in [0.1, 0.15) is 10.6 Å². The maximum Gasteiger partial charge on any atom is 0.321 e. The van der Waals surface area contributed by atoms with Gasteiger partial charge in [-0.25, -0.2) is 8.42 Å². The molecule has 12 heteroatoms. The van der Waals surface area contributed by atoms with E-state index in [0.717, 1.165) is 6.07 Å². The minimum Gasteiger partial charge on any atom is -0.481 e. The van der Waals surface area contributed by atoms with Crippen molar-refractivity contribution < 1.29 is 27.1 Å². The molecule has 4 aromatic rings. The van der Waals surface area contributed by atoms with Crippen LogP contribution < -0.4 is 24.9 Å². The zero-order valence-electron chi connectivity index (χ0n) is 17.9. The Morgan fingerprint density at radius 3 is 2.41 bits per heavy atom. The largest absolute Gasteiger partial charge is 0.481 e. The number of anilines is 2. The van der Waals surface area contributed by atoms with Gasteiger partial charge in [0.25, 0.3) is 15.9 Å². The Hall–Kier alpha value is -4.45. The van der Waals surface area contributed by atoms with Crippen molar-refractivity contribution >= 4 is 38.4 Å². The van der Waals surface area contributed by atoms with Gasteiger partial charge in [0.05, 0.1) is 24.5 Å². The third kappa shape index (κ3) is 4.81. The number of ether oxygens (including phenoxy) is 2. The molecule has 2 aromatic carbocycles. The second-order valence-corrected chi connectivity index (χ2v) is 8.52. The molecule has 0 radical (unpaired) electrons. The molecule has 0 bridgehead atoms. The number of sulfonamides is 1. The molecule has 1 amide bonds. The minimum atomic E-state index is -4.01. The number of rotatable bonds is 7. The summed E-state index contributed by atoms with van der Waals surface area (Å²) in [5.41, 5.74) is 0.230. The molecule has 0 aliphatic heterocycles. The van der Waals surface area contributed by atoms with Crippen molar-refractivity contribution in [2.45, 2.75) is 4.90 Å². The number of benzene rings is 2. The van der Waals surface area contributed by atoms with Gasteiger partial charge >= 0.3 is 6.01 Å². The molecule has 0 saturated carbocycles. The van der Waals surface area contributed by atoms with Gasteiger partial charge in [0.1, 0.15) is 5.58 Å². The average Bonchev–Trinajstić information content (AvgIpc) is 2.83. The number of carbonyl (C=O) groups is 1. The molecule has 174 valence electrons. The van der Waals surface area contributed by atoms with Crippen LogP contribution in [0.25, 0.3) is 11.0 Å². The number of aromatic nitrogens is 2. The van der Waals surface area contributed by atoms with Gasteiger partial charge in [-0.3, -0.25) is 14.3 Å². The zero-order valence-corrected chi connectivity index (χ0v) is 18.8. The van der Waals surface area contributed by atoms with Crippen molar-refractivity contribution in [1.82, 2.24) is 9.97 Å². The summed E-state index contributed by atoms with van der Waals surface area (Å²) < 4.78 is 43.2. The van der Waals surface area contributed by atoms with E-state index in [-0.39, 0.29) is 39.4 Å². The third-order valence-electron chi connectivity index (χ3n) is 4.59. The molecule has 0 fully saturated rings. The molecule has 0 unspecified atom stereocenters. The van der Waals surface area contributed by atoms with Gasteiger partial charge in [-0.1, -0.05) is 12.1 Å².